The highest BCUT2D eigenvalue weighted by Crippen LogP contribution is 2.13. The van der Waals surface area contributed by atoms with E-state index in [-0.39, 0.29) is 5.91 Å². The van der Waals surface area contributed by atoms with Crippen LogP contribution in [0.1, 0.15) is 26.7 Å². The fourth-order valence-corrected chi connectivity index (χ4v) is 1.82. The number of halogens is 1. The van der Waals surface area contributed by atoms with Gasteiger partial charge in [0.05, 0.1) is 0 Å². The second-order valence-electron chi connectivity index (χ2n) is 4.45. The Kier molecular flexibility index (Phi) is 8.28. The summed E-state index contributed by atoms with van der Waals surface area (Å²) in [4.78, 5) is 16.2. The van der Waals surface area contributed by atoms with E-state index < -0.39 is 0 Å². The molecule has 1 aromatic carbocycles. The van der Waals surface area contributed by atoms with Crippen molar-refractivity contribution in [2.75, 3.05) is 25.0 Å². The van der Waals surface area contributed by atoms with Gasteiger partial charge in [0.15, 0.2) is 5.96 Å². The highest BCUT2D eigenvalue weighted by molar-refractivity contribution is 6.30. The molecule has 5 nitrogen and oxygen atoms in total. The lowest BCUT2D eigenvalue weighted by atomic mass is 10.2. The number of nitrogens with zero attached hydrogens (tertiary/aromatic N) is 1. The van der Waals surface area contributed by atoms with Crippen molar-refractivity contribution >= 4 is 29.2 Å². The highest BCUT2D eigenvalue weighted by Gasteiger charge is 2.02. The van der Waals surface area contributed by atoms with Crippen LogP contribution in [0.4, 0.5) is 5.69 Å². The van der Waals surface area contributed by atoms with E-state index >= 15 is 0 Å². The number of aliphatic imine (C=N–C) groups is 1. The lowest BCUT2D eigenvalue weighted by Crippen LogP contribution is -2.37. The van der Waals surface area contributed by atoms with Gasteiger partial charge in [0.2, 0.25) is 5.91 Å². The lowest BCUT2D eigenvalue weighted by Gasteiger charge is -2.09. The number of carbonyl (C=O) groups is 1. The molecule has 0 unspecified atom stereocenters. The third-order valence-corrected chi connectivity index (χ3v) is 2.90. The van der Waals surface area contributed by atoms with Gasteiger partial charge in [0, 0.05) is 36.8 Å². The van der Waals surface area contributed by atoms with Crippen LogP contribution in [0.5, 0.6) is 0 Å². The Bertz CT molecular complexity index is 451. The van der Waals surface area contributed by atoms with Crippen LogP contribution in [0.25, 0.3) is 0 Å². The maximum Gasteiger partial charge on any atom is 0.224 e. The molecule has 1 rings (SSSR count). The van der Waals surface area contributed by atoms with E-state index in [0.29, 0.717) is 24.4 Å². The summed E-state index contributed by atoms with van der Waals surface area (Å²) in [7, 11) is 0. The summed E-state index contributed by atoms with van der Waals surface area (Å²) >= 11 is 5.79. The van der Waals surface area contributed by atoms with Crippen LogP contribution in [0.15, 0.2) is 29.3 Å². The van der Waals surface area contributed by atoms with Gasteiger partial charge in [0.25, 0.3) is 0 Å². The van der Waals surface area contributed by atoms with Crippen LogP contribution in [0.2, 0.25) is 5.02 Å². The fourth-order valence-electron chi connectivity index (χ4n) is 1.70. The molecule has 0 spiro atoms. The van der Waals surface area contributed by atoms with E-state index in [1.54, 1.807) is 24.3 Å². The summed E-state index contributed by atoms with van der Waals surface area (Å²) in [6.07, 6.45) is 1.15. The number of carbonyl (C=O) groups excluding carboxylic acids is 1. The van der Waals surface area contributed by atoms with Crippen LogP contribution < -0.4 is 16.0 Å². The van der Waals surface area contributed by atoms with Gasteiger partial charge in [-0.15, -0.1) is 0 Å². The van der Waals surface area contributed by atoms with Crippen molar-refractivity contribution in [2.24, 2.45) is 4.99 Å². The van der Waals surface area contributed by atoms with E-state index in [2.05, 4.69) is 20.9 Å². The van der Waals surface area contributed by atoms with E-state index in [9.17, 15) is 4.79 Å². The summed E-state index contributed by atoms with van der Waals surface area (Å²) in [5, 5.41) is 9.77. The third kappa shape index (κ3) is 7.56. The monoisotopic (exact) mass is 310 g/mol. The van der Waals surface area contributed by atoms with Gasteiger partial charge >= 0.3 is 0 Å². The number of benzene rings is 1. The van der Waals surface area contributed by atoms with Gasteiger partial charge in [-0.3, -0.25) is 9.79 Å². The van der Waals surface area contributed by atoms with Crippen LogP contribution >= 0.6 is 11.6 Å². The molecule has 0 aliphatic rings. The number of amides is 1. The Morgan fingerprint density at radius 1 is 1.14 bits per heavy atom. The molecule has 0 aliphatic heterocycles. The van der Waals surface area contributed by atoms with Crippen LogP contribution in [0, 0.1) is 0 Å². The maximum atomic E-state index is 11.8. The van der Waals surface area contributed by atoms with Crippen LogP contribution in [-0.2, 0) is 4.79 Å². The molecule has 0 heterocycles. The topological polar surface area (TPSA) is 65.5 Å². The predicted molar refractivity (Wildman–Crippen MR) is 89.0 cm³/mol. The SMILES string of the molecule is CCNC(=NCCCC(=O)Nc1ccc(Cl)cc1)NCC. The maximum absolute atomic E-state index is 11.8. The molecule has 0 aromatic heterocycles. The predicted octanol–water partition coefficient (Wildman–Crippen LogP) is 2.63. The van der Waals surface area contributed by atoms with Gasteiger partial charge in [-0.2, -0.15) is 0 Å². The normalized spacial score (nSPS) is 9.86. The van der Waals surface area contributed by atoms with E-state index in [4.69, 9.17) is 11.6 Å². The average molecular weight is 311 g/mol. The third-order valence-electron chi connectivity index (χ3n) is 2.65. The van der Waals surface area contributed by atoms with Crippen LogP contribution in [0.3, 0.4) is 0 Å². The zero-order valence-electron chi connectivity index (χ0n) is 12.6. The van der Waals surface area contributed by atoms with Crippen molar-refractivity contribution < 1.29 is 4.79 Å². The number of guanidine groups is 1. The van der Waals surface area contributed by atoms with E-state index in [1.807, 2.05) is 13.8 Å². The Hall–Kier alpha value is -1.75. The second-order valence-corrected chi connectivity index (χ2v) is 4.89. The minimum Gasteiger partial charge on any atom is -0.357 e. The molecule has 21 heavy (non-hydrogen) atoms. The van der Waals surface area contributed by atoms with Crippen molar-refractivity contribution in [3.63, 3.8) is 0 Å². The van der Waals surface area contributed by atoms with E-state index in [1.165, 1.54) is 0 Å². The summed E-state index contributed by atoms with van der Waals surface area (Å²) in [5.41, 5.74) is 0.758. The first-order valence-corrected chi connectivity index (χ1v) is 7.61. The molecule has 0 atom stereocenters. The molecule has 6 heteroatoms. The molecule has 0 radical (unpaired) electrons. The van der Waals surface area contributed by atoms with E-state index in [0.717, 1.165) is 24.7 Å². The number of anilines is 1. The Labute approximate surface area is 131 Å². The van der Waals surface area contributed by atoms with Gasteiger partial charge in [-0.25, -0.2) is 0 Å². The Morgan fingerprint density at radius 3 is 2.33 bits per heavy atom. The summed E-state index contributed by atoms with van der Waals surface area (Å²) < 4.78 is 0. The van der Waals surface area contributed by atoms with Crippen molar-refractivity contribution in [1.29, 1.82) is 0 Å². The summed E-state index contributed by atoms with van der Waals surface area (Å²) in [6, 6.07) is 7.07. The molecule has 3 N–H and O–H groups in total. The average Bonchev–Trinajstić information content (AvgIpc) is 2.46. The molecule has 1 aromatic rings. The van der Waals surface area contributed by atoms with Crippen molar-refractivity contribution in [3.8, 4) is 0 Å². The summed E-state index contributed by atoms with van der Waals surface area (Å²) in [6.45, 7) is 6.30. The Balaban J connectivity index is 2.29. The molecule has 0 bridgehead atoms. The number of nitrogens with one attached hydrogen (secondary N) is 3. The molecule has 0 saturated carbocycles. The van der Waals surface area contributed by atoms with Gasteiger partial charge < -0.3 is 16.0 Å². The zero-order chi connectivity index (χ0) is 15.5. The van der Waals surface area contributed by atoms with Crippen molar-refractivity contribution in [3.05, 3.63) is 29.3 Å². The number of rotatable bonds is 7. The molecule has 116 valence electrons. The lowest BCUT2D eigenvalue weighted by molar-refractivity contribution is -0.116. The van der Waals surface area contributed by atoms with Gasteiger partial charge in [0.1, 0.15) is 0 Å². The highest BCUT2D eigenvalue weighted by atomic mass is 35.5. The minimum atomic E-state index is -0.0130. The van der Waals surface area contributed by atoms with Crippen molar-refractivity contribution in [2.45, 2.75) is 26.7 Å². The van der Waals surface area contributed by atoms with Gasteiger partial charge in [-0.1, -0.05) is 11.6 Å². The standard InChI is InChI=1S/C15H23ClN4O/c1-3-17-15(18-4-2)19-11-5-6-14(21)20-13-9-7-12(16)8-10-13/h7-10H,3-6,11H2,1-2H3,(H,20,21)(H2,17,18,19). The second kappa shape index (κ2) is 10.0. The zero-order valence-corrected chi connectivity index (χ0v) is 13.3. The van der Waals surface area contributed by atoms with Crippen LogP contribution in [-0.4, -0.2) is 31.5 Å². The summed E-state index contributed by atoms with van der Waals surface area (Å²) in [5.74, 6) is 0.777. The minimum absolute atomic E-state index is 0.0130. The first-order chi connectivity index (χ1) is 10.2. The van der Waals surface area contributed by atoms with Gasteiger partial charge in [-0.05, 0) is 44.5 Å². The molecular weight excluding hydrogens is 288 g/mol. The fraction of sp³-hybridized carbons (Fsp3) is 0.467. The van der Waals surface area contributed by atoms with Crippen molar-refractivity contribution in [1.82, 2.24) is 10.6 Å². The molecular formula is C15H23ClN4O. The Morgan fingerprint density at radius 2 is 1.76 bits per heavy atom. The first-order valence-electron chi connectivity index (χ1n) is 7.23. The molecule has 1 amide bonds. The molecule has 0 fully saturated rings. The molecule has 0 aliphatic carbocycles. The molecule has 0 saturated heterocycles. The first kappa shape index (κ1) is 17.3. The number of hydrogen-bond donors (Lipinski definition) is 3. The number of hydrogen-bond acceptors (Lipinski definition) is 2. The quantitative estimate of drug-likeness (QED) is 0.412. The largest absolute Gasteiger partial charge is 0.357 e. The smallest absolute Gasteiger partial charge is 0.224 e.